The summed E-state index contributed by atoms with van der Waals surface area (Å²) in [4.78, 5) is 0. The van der Waals surface area contributed by atoms with E-state index in [2.05, 4.69) is 0 Å². The molecule has 0 amide bonds. The summed E-state index contributed by atoms with van der Waals surface area (Å²) in [7, 11) is -3.66. The summed E-state index contributed by atoms with van der Waals surface area (Å²) in [5.74, 6) is -27.7. The fraction of sp³-hybridized carbons (Fsp3) is 1.00. The van der Waals surface area contributed by atoms with E-state index in [1.807, 2.05) is 0 Å². The van der Waals surface area contributed by atoms with Crippen molar-refractivity contribution in [3.8, 4) is 0 Å². The van der Waals surface area contributed by atoms with Crippen LogP contribution in [0.5, 0.6) is 0 Å². The first kappa shape index (κ1) is 28.3. The van der Waals surface area contributed by atoms with Crippen LogP contribution in [0.15, 0.2) is 0 Å². The van der Waals surface area contributed by atoms with Gasteiger partial charge in [-0.2, -0.15) is 48.3 Å². The minimum atomic E-state index is -7.39. The highest BCUT2D eigenvalue weighted by atomic mass is 28.4. The molecule has 0 heterocycles. The molecule has 0 aromatic rings. The molecule has 0 fully saturated rings. The molecule has 29 heavy (non-hydrogen) atoms. The van der Waals surface area contributed by atoms with Crippen LogP contribution in [0.4, 0.5) is 48.3 Å². The topological polar surface area (TPSA) is 27.7 Å². The minimum Gasteiger partial charge on any atom is -0.374 e. The quantitative estimate of drug-likeness (QED) is 0.245. The first-order chi connectivity index (χ1) is 12.9. The van der Waals surface area contributed by atoms with Crippen LogP contribution in [-0.4, -0.2) is 58.5 Å². The van der Waals surface area contributed by atoms with Gasteiger partial charge < -0.3 is 13.3 Å². The van der Waals surface area contributed by atoms with Gasteiger partial charge in [0.1, 0.15) is 0 Å². The van der Waals surface area contributed by atoms with Crippen LogP contribution in [0.3, 0.4) is 0 Å². The monoisotopic (exact) mass is 474 g/mol. The van der Waals surface area contributed by atoms with Gasteiger partial charge in [-0.1, -0.05) is 0 Å². The molecule has 0 N–H and O–H groups in total. The molecule has 0 atom stereocenters. The Balaban J connectivity index is 5.57. The summed E-state index contributed by atoms with van der Waals surface area (Å²) in [5.41, 5.74) is 0. The number of halogens is 11. The maximum Gasteiger partial charge on any atom is 0.500 e. The van der Waals surface area contributed by atoms with Gasteiger partial charge in [-0.15, -0.1) is 0 Å². The summed E-state index contributed by atoms with van der Waals surface area (Å²) < 4.78 is 158. The molecule has 0 radical (unpaired) electrons. The summed E-state index contributed by atoms with van der Waals surface area (Å²) in [6, 6.07) is -0.574. The third-order valence-electron chi connectivity index (χ3n) is 3.67. The summed E-state index contributed by atoms with van der Waals surface area (Å²) in [6.07, 6.45) is -10.3. The van der Waals surface area contributed by atoms with Gasteiger partial charge in [0.25, 0.3) is 0 Å². The number of hydrogen-bond donors (Lipinski definition) is 0. The number of alkyl halides is 11. The van der Waals surface area contributed by atoms with Crippen molar-refractivity contribution < 1.29 is 61.6 Å². The van der Waals surface area contributed by atoms with Gasteiger partial charge in [0.05, 0.1) is 0 Å². The summed E-state index contributed by atoms with van der Waals surface area (Å²) in [5, 5.41) is 0. The molecule has 0 saturated heterocycles. The predicted octanol–water partition coefficient (Wildman–Crippen LogP) is 5.92. The van der Waals surface area contributed by atoms with Crippen molar-refractivity contribution in [1.82, 2.24) is 0 Å². The summed E-state index contributed by atoms with van der Waals surface area (Å²) in [6.45, 7) is 4.32. The highest BCUT2D eigenvalue weighted by Crippen LogP contribution is 2.58. The SMILES string of the molecule is CCO[Si](CCCC(F)(F)C(F)(F)C(F)(F)C(F)(F)C(F)(F)F)(OCC)OCC. The van der Waals surface area contributed by atoms with E-state index in [-0.39, 0.29) is 19.8 Å². The molecule has 0 rings (SSSR count). The van der Waals surface area contributed by atoms with E-state index in [1.54, 1.807) is 0 Å². The molecule has 0 aliphatic rings. The van der Waals surface area contributed by atoms with E-state index in [0.717, 1.165) is 0 Å². The van der Waals surface area contributed by atoms with Gasteiger partial charge in [0, 0.05) is 32.3 Å². The molecule has 0 aliphatic carbocycles. The lowest BCUT2D eigenvalue weighted by Gasteiger charge is -2.37. The van der Waals surface area contributed by atoms with Crippen LogP contribution in [-0.2, 0) is 13.3 Å². The Hall–Kier alpha value is -0.673. The summed E-state index contributed by atoms with van der Waals surface area (Å²) >= 11 is 0. The predicted molar refractivity (Wildman–Crippen MR) is 80.5 cm³/mol. The zero-order valence-electron chi connectivity index (χ0n) is 15.6. The van der Waals surface area contributed by atoms with Gasteiger partial charge in [-0.25, -0.2) is 0 Å². The van der Waals surface area contributed by atoms with E-state index >= 15 is 0 Å². The molecule has 15 heteroatoms. The molecule has 3 nitrogen and oxygen atoms in total. The Labute approximate surface area is 160 Å². The Bertz CT molecular complexity index is 495. The van der Waals surface area contributed by atoms with Crippen molar-refractivity contribution in [1.29, 1.82) is 0 Å². The van der Waals surface area contributed by atoms with Gasteiger partial charge in [0.15, 0.2) is 0 Å². The highest BCUT2D eigenvalue weighted by Gasteiger charge is 2.86. The van der Waals surface area contributed by atoms with Crippen molar-refractivity contribution in [2.24, 2.45) is 0 Å². The van der Waals surface area contributed by atoms with Crippen LogP contribution in [0.2, 0.25) is 6.04 Å². The van der Waals surface area contributed by atoms with Crippen LogP contribution >= 0.6 is 0 Å². The normalized spacial score (nSPS) is 15.1. The highest BCUT2D eigenvalue weighted by molar-refractivity contribution is 6.60. The Morgan fingerprint density at radius 1 is 0.586 bits per heavy atom. The Morgan fingerprint density at radius 3 is 1.28 bits per heavy atom. The Kier molecular flexibility index (Phi) is 9.42. The molecular weight excluding hydrogens is 453 g/mol. The molecular formula is C14H21F11O3Si. The van der Waals surface area contributed by atoms with Crippen LogP contribution in [0.1, 0.15) is 33.6 Å². The van der Waals surface area contributed by atoms with E-state index in [1.165, 1.54) is 20.8 Å². The van der Waals surface area contributed by atoms with Crippen molar-refractivity contribution in [2.45, 2.75) is 69.5 Å². The first-order valence-corrected chi connectivity index (χ1v) is 10.3. The lowest BCUT2D eigenvalue weighted by molar-refractivity contribution is -0.422. The number of rotatable bonds is 13. The maximum atomic E-state index is 13.7. The van der Waals surface area contributed by atoms with E-state index in [4.69, 9.17) is 13.3 Å². The second-order valence-corrected chi connectivity index (χ2v) is 8.49. The standard InChI is InChI=1S/C14H21F11O3Si/c1-4-26-29(27-5-2,28-6-3)9-7-8-10(15,16)11(17,18)12(19,20)13(21,22)14(23,24)25/h4-9H2,1-3H3. The third-order valence-corrected chi connectivity index (χ3v) is 6.82. The van der Waals surface area contributed by atoms with Gasteiger partial charge >= 0.3 is 38.7 Å². The van der Waals surface area contributed by atoms with Crippen LogP contribution in [0, 0.1) is 0 Å². The Morgan fingerprint density at radius 2 is 0.966 bits per heavy atom. The molecule has 0 saturated carbocycles. The molecule has 0 bridgehead atoms. The van der Waals surface area contributed by atoms with Gasteiger partial charge in [-0.3, -0.25) is 0 Å². The van der Waals surface area contributed by atoms with Crippen molar-refractivity contribution in [3.63, 3.8) is 0 Å². The average molecular weight is 474 g/mol. The second-order valence-electron chi connectivity index (χ2n) is 5.76. The molecule has 0 unspecified atom stereocenters. The largest absolute Gasteiger partial charge is 0.500 e. The van der Waals surface area contributed by atoms with E-state index in [9.17, 15) is 48.3 Å². The van der Waals surface area contributed by atoms with Crippen molar-refractivity contribution in [3.05, 3.63) is 0 Å². The third kappa shape index (κ3) is 5.73. The van der Waals surface area contributed by atoms with Crippen molar-refractivity contribution >= 4 is 8.80 Å². The number of hydrogen-bond acceptors (Lipinski definition) is 3. The van der Waals surface area contributed by atoms with Crippen LogP contribution in [0.25, 0.3) is 0 Å². The zero-order chi connectivity index (χ0) is 23.4. The average Bonchev–Trinajstić information content (AvgIpc) is 2.53. The molecule has 0 spiro atoms. The maximum absolute atomic E-state index is 13.7. The lowest BCUT2D eigenvalue weighted by Crippen LogP contribution is -2.66. The second kappa shape index (κ2) is 9.64. The van der Waals surface area contributed by atoms with E-state index < -0.39 is 57.6 Å². The van der Waals surface area contributed by atoms with Crippen LogP contribution < -0.4 is 0 Å². The fourth-order valence-corrected chi connectivity index (χ4v) is 4.90. The molecule has 0 aromatic carbocycles. The zero-order valence-corrected chi connectivity index (χ0v) is 16.6. The minimum absolute atomic E-state index is 0.0331. The molecule has 0 aliphatic heterocycles. The first-order valence-electron chi connectivity index (χ1n) is 8.39. The van der Waals surface area contributed by atoms with Crippen molar-refractivity contribution in [2.75, 3.05) is 19.8 Å². The lowest BCUT2D eigenvalue weighted by atomic mass is 9.95. The van der Waals surface area contributed by atoms with Gasteiger partial charge in [-0.05, 0) is 27.2 Å². The molecule has 176 valence electrons. The molecule has 0 aromatic heterocycles. The van der Waals surface area contributed by atoms with E-state index in [0.29, 0.717) is 0 Å². The van der Waals surface area contributed by atoms with Gasteiger partial charge in [0.2, 0.25) is 0 Å². The fourth-order valence-electron chi connectivity index (χ4n) is 2.29. The smallest absolute Gasteiger partial charge is 0.374 e.